The van der Waals surface area contributed by atoms with Crippen molar-refractivity contribution in [3.8, 4) is 5.75 Å². The van der Waals surface area contributed by atoms with Gasteiger partial charge in [-0.1, -0.05) is 28.1 Å². The first-order valence-electron chi connectivity index (χ1n) is 7.10. The van der Waals surface area contributed by atoms with E-state index in [4.69, 9.17) is 9.84 Å². The first-order chi connectivity index (χ1) is 10.8. The number of fused-ring (bicyclic) bond motifs is 1. The lowest BCUT2D eigenvalue weighted by Crippen LogP contribution is -2.40. The second-order valence-electron chi connectivity index (χ2n) is 5.91. The molecule has 23 heavy (non-hydrogen) atoms. The van der Waals surface area contributed by atoms with E-state index < -0.39 is 11.4 Å². The van der Waals surface area contributed by atoms with Gasteiger partial charge < -0.3 is 15.2 Å². The summed E-state index contributed by atoms with van der Waals surface area (Å²) in [7, 11) is 0. The van der Waals surface area contributed by atoms with Crippen molar-refractivity contribution in [2.45, 2.75) is 13.8 Å². The monoisotopic (exact) mass is 379 g/mol. The largest absolute Gasteiger partial charge is 0.484 e. The van der Waals surface area contributed by atoms with E-state index >= 15 is 0 Å². The lowest BCUT2D eigenvalue weighted by molar-refractivity contribution is -0.146. The topological polar surface area (TPSA) is 75.6 Å². The van der Waals surface area contributed by atoms with E-state index in [1.54, 1.807) is 19.9 Å². The Morgan fingerprint density at radius 3 is 2.52 bits per heavy atom. The zero-order valence-electron chi connectivity index (χ0n) is 12.9. The Bertz CT molecular complexity index is 742. The van der Waals surface area contributed by atoms with Crippen LogP contribution in [0.4, 0.5) is 0 Å². The van der Waals surface area contributed by atoms with Crippen LogP contribution in [0.1, 0.15) is 13.8 Å². The molecule has 0 atom stereocenters. The van der Waals surface area contributed by atoms with E-state index in [1.807, 2.05) is 30.3 Å². The number of amides is 1. The van der Waals surface area contributed by atoms with E-state index in [0.29, 0.717) is 5.75 Å². The zero-order valence-corrected chi connectivity index (χ0v) is 14.5. The van der Waals surface area contributed by atoms with Crippen LogP contribution in [-0.4, -0.2) is 30.1 Å². The molecule has 0 aliphatic rings. The number of aliphatic carboxylic acids is 1. The maximum absolute atomic E-state index is 11.8. The van der Waals surface area contributed by atoms with Gasteiger partial charge in [-0.3, -0.25) is 9.59 Å². The van der Waals surface area contributed by atoms with Gasteiger partial charge in [0.05, 0.1) is 5.41 Å². The summed E-state index contributed by atoms with van der Waals surface area (Å²) >= 11 is 3.42. The van der Waals surface area contributed by atoms with Crippen LogP contribution in [0.25, 0.3) is 10.8 Å². The molecule has 0 spiro atoms. The van der Waals surface area contributed by atoms with Crippen molar-refractivity contribution in [1.82, 2.24) is 5.32 Å². The minimum absolute atomic E-state index is 0.0519. The molecule has 0 radical (unpaired) electrons. The number of rotatable bonds is 6. The molecule has 0 fully saturated rings. The number of carboxylic acids is 1. The molecule has 2 aromatic carbocycles. The third-order valence-corrected chi connectivity index (χ3v) is 3.94. The molecule has 6 heteroatoms. The standard InChI is InChI=1S/C17H18BrNO4/c1-17(2,16(21)22)10-19-15(20)9-23-14-6-4-11-7-13(18)5-3-12(11)8-14/h3-8H,9-10H2,1-2H3,(H,19,20)(H,21,22). The molecule has 1 amide bonds. The van der Waals surface area contributed by atoms with Crippen molar-refractivity contribution in [2.24, 2.45) is 5.41 Å². The van der Waals surface area contributed by atoms with Gasteiger partial charge >= 0.3 is 5.97 Å². The van der Waals surface area contributed by atoms with Gasteiger partial charge in [-0.15, -0.1) is 0 Å². The Morgan fingerprint density at radius 2 is 1.83 bits per heavy atom. The number of halogens is 1. The Labute approximate surface area is 142 Å². The van der Waals surface area contributed by atoms with Crippen LogP contribution < -0.4 is 10.1 Å². The molecule has 0 heterocycles. The third kappa shape index (κ3) is 4.69. The third-order valence-electron chi connectivity index (χ3n) is 3.45. The van der Waals surface area contributed by atoms with Gasteiger partial charge in [0, 0.05) is 11.0 Å². The SMILES string of the molecule is CC(C)(CNC(=O)COc1ccc2cc(Br)ccc2c1)C(=O)O. The molecule has 0 unspecified atom stereocenters. The minimum Gasteiger partial charge on any atom is -0.484 e. The smallest absolute Gasteiger partial charge is 0.310 e. The van der Waals surface area contributed by atoms with E-state index in [9.17, 15) is 9.59 Å². The number of ether oxygens (including phenoxy) is 1. The van der Waals surface area contributed by atoms with Crippen molar-refractivity contribution < 1.29 is 19.4 Å². The molecule has 2 N–H and O–H groups in total. The van der Waals surface area contributed by atoms with Gasteiger partial charge in [-0.2, -0.15) is 0 Å². The van der Waals surface area contributed by atoms with Crippen LogP contribution in [0.2, 0.25) is 0 Å². The van der Waals surface area contributed by atoms with E-state index in [2.05, 4.69) is 21.2 Å². The summed E-state index contributed by atoms with van der Waals surface area (Å²) in [6, 6.07) is 11.5. The molecule has 0 saturated carbocycles. The van der Waals surface area contributed by atoms with Crippen molar-refractivity contribution in [3.05, 3.63) is 40.9 Å². The van der Waals surface area contributed by atoms with Crippen LogP contribution in [0.3, 0.4) is 0 Å². The minimum atomic E-state index is -1.01. The molecular weight excluding hydrogens is 362 g/mol. The Kier molecular flexibility index (Phi) is 5.26. The lowest BCUT2D eigenvalue weighted by atomic mass is 9.94. The summed E-state index contributed by atoms with van der Waals surface area (Å²) in [6.45, 7) is 3.00. The first kappa shape index (κ1) is 17.3. The predicted octanol–water partition coefficient (Wildman–Crippen LogP) is 3.21. The van der Waals surface area contributed by atoms with E-state index in [1.165, 1.54) is 0 Å². The number of hydrogen-bond acceptors (Lipinski definition) is 3. The Hall–Kier alpha value is -2.08. The van der Waals surface area contributed by atoms with Crippen LogP contribution in [-0.2, 0) is 9.59 Å². The van der Waals surface area contributed by atoms with Gasteiger partial charge in [-0.25, -0.2) is 0 Å². The fourth-order valence-corrected chi connectivity index (χ4v) is 2.26. The van der Waals surface area contributed by atoms with Crippen LogP contribution in [0, 0.1) is 5.41 Å². The van der Waals surface area contributed by atoms with Gasteiger partial charge in [0.2, 0.25) is 0 Å². The molecule has 0 aromatic heterocycles. The average molecular weight is 380 g/mol. The number of carbonyl (C=O) groups is 2. The summed E-state index contributed by atoms with van der Waals surface area (Å²) < 4.78 is 6.46. The summed E-state index contributed by atoms with van der Waals surface area (Å²) in [5.41, 5.74) is -1.01. The Balaban J connectivity index is 1.92. The van der Waals surface area contributed by atoms with Gasteiger partial charge in [0.1, 0.15) is 5.75 Å². The molecule has 0 aliphatic heterocycles. The van der Waals surface area contributed by atoms with Crippen molar-refractivity contribution >= 4 is 38.6 Å². The summed E-state index contributed by atoms with van der Waals surface area (Å²) in [5, 5.41) is 13.6. The second-order valence-corrected chi connectivity index (χ2v) is 6.82. The first-order valence-corrected chi connectivity index (χ1v) is 7.89. The van der Waals surface area contributed by atoms with E-state index in [0.717, 1.165) is 15.2 Å². The number of benzene rings is 2. The van der Waals surface area contributed by atoms with E-state index in [-0.39, 0.29) is 19.1 Å². The van der Waals surface area contributed by atoms with Gasteiger partial charge in [0.25, 0.3) is 5.91 Å². The highest BCUT2D eigenvalue weighted by Crippen LogP contribution is 2.24. The highest BCUT2D eigenvalue weighted by atomic mass is 79.9. The average Bonchev–Trinajstić information content (AvgIpc) is 2.50. The van der Waals surface area contributed by atoms with Gasteiger partial charge in [-0.05, 0) is 48.9 Å². The van der Waals surface area contributed by atoms with Crippen LogP contribution in [0.15, 0.2) is 40.9 Å². The van der Waals surface area contributed by atoms with Crippen molar-refractivity contribution in [3.63, 3.8) is 0 Å². The van der Waals surface area contributed by atoms with Crippen molar-refractivity contribution in [1.29, 1.82) is 0 Å². The maximum atomic E-state index is 11.8. The van der Waals surface area contributed by atoms with Crippen LogP contribution >= 0.6 is 15.9 Å². The second kappa shape index (κ2) is 7.00. The number of nitrogens with one attached hydrogen (secondary N) is 1. The molecule has 2 aromatic rings. The number of carbonyl (C=O) groups excluding carboxylic acids is 1. The molecule has 122 valence electrons. The maximum Gasteiger partial charge on any atom is 0.310 e. The summed E-state index contributed by atoms with van der Waals surface area (Å²) in [4.78, 5) is 22.7. The molecule has 5 nitrogen and oxygen atoms in total. The number of hydrogen-bond donors (Lipinski definition) is 2. The molecule has 0 saturated heterocycles. The van der Waals surface area contributed by atoms with Crippen molar-refractivity contribution in [2.75, 3.05) is 13.2 Å². The summed E-state index contributed by atoms with van der Waals surface area (Å²) in [5.74, 6) is -0.720. The zero-order chi connectivity index (χ0) is 17.0. The summed E-state index contributed by atoms with van der Waals surface area (Å²) in [6.07, 6.45) is 0. The van der Waals surface area contributed by atoms with Gasteiger partial charge in [0.15, 0.2) is 6.61 Å². The highest BCUT2D eigenvalue weighted by Gasteiger charge is 2.27. The quantitative estimate of drug-likeness (QED) is 0.807. The molecule has 2 rings (SSSR count). The normalized spacial score (nSPS) is 11.3. The molecule has 0 bridgehead atoms. The fraction of sp³-hybridized carbons (Fsp3) is 0.294. The lowest BCUT2D eigenvalue weighted by Gasteiger charge is -2.19. The Morgan fingerprint density at radius 1 is 1.17 bits per heavy atom. The van der Waals surface area contributed by atoms with Crippen LogP contribution in [0.5, 0.6) is 5.75 Å². The number of carboxylic acid groups (broad SMARTS) is 1. The fourth-order valence-electron chi connectivity index (χ4n) is 1.88. The predicted molar refractivity (Wildman–Crippen MR) is 91.6 cm³/mol. The molecular formula is C17H18BrNO4. The highest BCUT2D eigenvalue weighted by molar-refractivity contribution is 9.10. The molecule has 0 aliphatic carbocycles.